The standard InChI is InChI=1S/C23H32N6O.HI/c1-3-20(30-14-1)6-11-24-22(28-21-16-17-4-5-18(21)15-17)27-19-7-12-29(13-8-19)23-25-9-2-10-26-23;/h1-3,9-10,14,17-19,21H,4-8,11-13,15-16H2,(H2,24,27,28);1H. The van der Waals surface area contributed by atoms with E-state index in [1.807, 2.05) is 30.6 Å². The Morgan fingerprint density at radius 2 is 1.90 bits per heavy atom. The molecule has 3 unspecified atom stereocenters. The lowest BCUT2D eigenvalue weighted by Crippen LogP contribution is -2.52. The lowest BCUT2D eigenvalue weighted by atomic mass is 9.95. The lowest BCUT2D eigenvalue weighted by Gasteiger charge is -2.34. The van der Waals surface area contributed by atoms with Gasteiger partial charge in [-0.25, -0.2) is 9.97 Å². The molecule has 1 saturated heterocycles. The maximum atomic E-state index is 5.47. The monoisotopic (exact) mass is 536 g/mol. The van der Waals surface area contributed by atoms with Crippen LogP contribution in [0.25, 0.3) is 0 Å². The summed E-state index contributed by atoms with van der Waals surface area (Å²) in [5, 5.41) is 7.52. The number of fused-ring (bicyclic) bond motifs is 2. The van der Waals surface area contributed by atoms with Gasteiger partial charge in [0, 0.05) is 50.5 Å². The zero-order chi connectivity index (χ0) is 20.2. The summed E-state index contributed by atoms with van der Waals surface area (Å²) < 4.78 is 5.47. The molecule has 3 fully saturated rings. The molecule has 2 aromatic rings. The van der Waals surface area contributed by atoms with Gasteiger partial charge in [0.1, 0.15) is 5.76 Å². The molecule has 0 aromatic carbocycles. The number of aromatic nitrogens is 2. The molecule has 7 nitrogen and oxygen atoms in total. The molecule has 0 spiro atoms. The van der Waals surface area contributed by atoms with Crippen LogP contribution in [0.3, 0.4) is 0 Å². The molecule has 0 amide bonds. The van der Waals surface area contributed by atoms with Gasteiger partial charge < -0.3 is 20.0 Å². The smallest absolute Gasteiger partial charge is 0.225 e. The molecular formula is C23H33IN6O. The van der Waals surface area contributed by atoms with Crippen LogP contribution in [-0.2, 0) is 6.42 Å². The number of anilines is 1. The largest absolute Gasteiger partial charge is 0.469 e. The predicted molar refractivity (Wildman–Crippen MR) is 133 cm³/mol. The van der Waals surface area contributed by atoms with Crippen LogP contribution < -0.4 is 15.5 Å². The minimum absolute atomic E-state index is 0. The second-order valence-corrected chi connectivity index (χ2v) is 8.94. The zero-order valence-electron chi connectivity index (χ0n) is 17.9. The number of furan rings is 1. The second kappa shape index (κ2) is 10.7. The Morgan fingerprint density at radius 1 is 1.06 bits per heavy atom. The molecule has 2 aromatic heterocycles. The second-order valence-electron chi connectivity index (χ2n) is 8.94. The summed E-state index contributed by atoms with van der Waals surface area (Å²) in [6, 6.07) is 6.84. The van der Waals surface area contributed by atoms with Crippen molar-refractivity contribution in [2.75, 3.05) is 24.5 Å². The van der Waals surface area contributed by atoms with E-state index in [0.29, 0.717) is 12.1 Å². The number of halogens is 1. The molecule has 3 atom stereocenters. The van der Waals surface area contributed by atoms with E-state index < -0.39 is 0 Å². The number of guanidine groups is 1. The van der Waals surface area contributed by atoms with E-state index in [9.17, 15) is 0 Å². The van der Waals surface area contributed by atoms with E-state index >= 15 is 0 Å². The maximum absolute atomic E-state index is 5.47. The first-order chi connectivity index (χ1) is 14.8. The average molecular weight is 536 g/mol. The summed E-state index contributed by atoms with van der Waals surface area (Å²) in [7, 11) is 0. The molecule has 2 bridgehead atoms. The first-order valence-electron chi connectivity index (χ1n) is 11.5. The van der Waals surface area contributed by atoms with Crippen LogP contribution in [0.1, 0.15) is 44.3 Å². The van der Waals surface area contributed by atoms with Crippen molar-refractivity contribution < 1.29 is 4.42 Å². The van der Waals surface area contributed by atoms with Crippen molar-refractivity contribution in [3.05, 3.63) is 42.6 Å². The van der Waals surface area contributed by atoms with E-state index in [1.54, 1.807) is 6.26 Å². The van der Waals surface area contributed by atoms with Crippen LogP contribution in [-0.4, -0.2) is 47.6 Å². The van der Waals surface area contributed by atoms with Gasteiger partial charge in [-0.15, -0.1) is 24.0 Å². The Morgan fingerprint density at radius 3 is 2.58 bits per heavy atom. The van der Waals surface area contributed by atoms with Crippen LogP contribution in [0.15, 0.2) is 46.3 Å². The van der Waals surface area contributed by atoms with Gasteiger partial charge in [0.15, 0.2) is 5.96 Å². The number of piperidine rings is 1. The van der Waals surface area contributed by atoms with E-state index in [-0.39, 0.29) is 24.0 Å². The molecule has 2 aliphatic carbocycles. The minimum Gasteiger partial charge on any atom is -0.469 e. The van der Waals surface area contributed by atoms with Crippen molar-refractivity contribution in [3.8, 4) is 0 Å². The van der Waals surface area contributed by atoms with Crippen LogP contribution >= 0.6 is 24.0 Å². The van der Waals surface area contributed by atoms with Crippen molar-refractivity contribution in [2.24, 2.45) is 16.8 Å². The van der Waals surface area contributed by atoms with E-state index in [4.69, 9.17) is 9.41 Å². The lowest BCUT2D eigenvalue weighted by molar-refractivity contribution is 0.381. The predicted octanol–water partition coefficient (Wildman–Crippen LogP) is 3.62. The summed E-state index contributed by atoms with van der Waals surface area (Å²) in [4.78, 5) is 16.0. The molecule has 8 heteroatoms. The Labute approximate surface area is 201 Å². The number of hydrogen-bond donors (Lipinski definition) is 2. The van der Waals surface area contributed by atoms with Gasteiger partial charge in [-0.3, -0.25) is 4.99 Å². The summed E-state index contributed by atoms with van der Waals surface area (Å²) in [5.41, 5.74) is 0. The summed E-state index contributed by atoms with van der Waals surface area (Å²) in [6.45, 7) is 2.67. The third-order valence-electron chi connectivity index (χ3n) is 6.94. The third-order valence-corrected chi connectivity index (χ3v) is 6.94. The summed E-state index contributed by atoms with van der Waals surface area (Å²) >= 11 is 0. The van der Waals surface area contributed by atoms with Gasteiger partial charge in [0.2, 0.25) is 5.95 Å². The van der Waals surface area contributed by atoms with E-state index in [1.165, 1.54) is 25.7 Å². The summed E-state index contributed by atoms with van der Waals surface area (Å²) in [6.07, 6.45) is 13.8. The first-order valence-corrected chi connectivity index (χ1v) is 11.5. The molecule has 1 aliphatic heterocycles. The van der Waals surface area contributed by atoms with Crippen LogP contribution in [0.5, 0.6) is 0 Å². The molecule has 0 radical (unpaired) electrons. The van der Waals surface area contributed by atoms with E-state index in [2.05, 4.69) is 25.5 Å². The molecule has 2 N–H and O–H groups in total. The zero-order valence-corrected chi connectivity index (χ0v) is 20.3. The van der Waals surface area contributed by atoms with Gasteiger partial charge in [-0.1, -0.05) is 6.42 Å². The molecule has 168 valence electrons. The first kappa shape index (κ1) is 22.4. The van der Waals surface area contributed by atoms with Gasteiger partial charge in [0.05, 0.1) is 6.26 Å². The highest BCUT2D eigenvalue weighted by molar-refractivity contribution is 14.0. The highest BCUT2D eigenvalue weighted by Crippen LogP contribution is 2.44. The van der Waals surface area contributed by atoms with Gasteiger partial charge in [0.25, 0.3) is 0 Å². The number of nitrogens with one attached hydrogen (secondary N) is 2. The Kier molecular flexibility index (Phi) is 7.68. The fraction of sp³-hybridized carbons (Fsp3) is 0.609. The molecular weight excluding hydrogens is 503 g/mol. The average Bonchev–Trinajstić information content (AvgIpc) is 3.54. The van der Waals surface area contributed by atoms with E-state index in [0.717, 1.165) is 68.4 Å². The maximum Gasteiger partial charge on any atom is 0.225 e. The number of aliphatic imine (C=N–C) groups is 1. The fourth-order valence-electron chi connectivity index (χ4n) is 5.33. The third kappa shape index (κ3) is 5.70. The SMILES string of the molecule is I.c1cnc(N2CCC(NC(=NCCc3ccco3)NC3CC4CCC3C4)CC2)nc1. The number of rotatable bonds is 6. The molecule has 3 aliphatic rings. The summed E-state index contributed by atoms with van der Waals surface area (Å²) in [5.74, 6) is 4.56. The van der Waals surface area contributed by atoms with Crippen molar-refractivity contribution in [1.29, 1.82) is 0 Å². The van der Waals surface area contributed by atoms with Crippen LogP contribution in [0, 0.1) is 11.8 Å². The number of nitrogens with zero attached hydrogens (tertiary/aromatic N) is 4. The van der Waals surface area contributed by atoms with Crippen molar-refractivity contribution in [1.82, 2.24) is 20.6 Å². The molecule has 2 saturated carbocycles. The molecule has 5 rings (SSSR count). The molecule has 3 heterocycles. The van der Waals surface area contributed by atoms with Crippen molar-refractivity contribution in [2.45, 2.75) is 57.0 Å². The Bertz CT molecular complexity index is 822. The van der Waals surface area contributed by atoms with Crippen LogP contribution in [0.2, 0.25) is 0 Å². The molecule has 31 heavy (non-hydrogen) atoms. The highest BCUT2D eigenvalue weighted by atomic mass is 127. The highest BCUT2D eigenvalue weighted by Gasteiger charge is 2.40. The van der Waals surface area contributed by atoms with Gasteiger partial charge >= 0.3 is 0 Å². The van der Waals surface area contributed by atoms with Gasteiger partial charge in [-0.05, 0) is 62.1 Å². The van der Waals surface area contributed by atoms with Gasteiger partial charge in [-0.2, -0.15) is 0 Å². The van der Waals surface area contributed by atoms with Crippen molar-refractivity contribution in [3.63, 3.8) is 0 Å². The topological polar surface area (TPSA) is 78.6 Å². The minimum atomic E-state index is 0. The Balaban J connectivity index is 0.00000231. The van der Waals surface area contributed by atoms with Crippen LogP contribution in [0.4, 0.5) is 5.95 Å². The Hall–Kier alpha value is -1.84. The normalized spacial score (nSPS) is 26.0. The quantitative estimate of drug-likeness (QED) is 0.334. The fourth-order valence-corrected chi connectivity index (χ4v) is 5.33. The van der Waals surface area contributed by atoms with Crippen molar-refractivity contribution >= 4 is 35.9 Å². The number of hydrogen-bond acceptors (Lipinski definition) is 5.